The third kappa shape index (κ3) is 4.07. The lowest BCUT2D eigenvalue weighted by atomic mass is 10.0. The van der Waals surface area contributed by atoms with Gasteiger partial charge in [-0.2, -0.15) is 0 Å². The highest BCUT2D eigenvalue weighted by molar-refractivity contribution is 7.25. The van der Waals surface area contributed by atoms with Gasteiger partial charge in [0.25, 0.3) is 0 Å². The van der Waals surface area contributed by atoms with E-state index in [0.29, 0.717) is 17.5 Å². The summed E-state index contributed by atoms with van der Waals surface area (Å²) in [4.78, 5) is 14.5. The minimum Gasteiger partial charge on any atom is -0.208 e. The molecule has 2 heterocycles. The summed E-state index contributed by atoms with van der Waals surface area (Å²) in [6.07, 6.45) is 0. The molecular formula is C33H21N3S. The van der Waals surface area contributed by atoms with E-state index in [1.165, 1.54) is 31.3 Å². The molecule has 7 rings (SSSR count). The van der Waals surface area contributed by atoms with Crippen LogP contribution >= 0.6 is 11.3 Å². The van der Waals surface area contributed by atoms with Crippen molar-refractivity contribution in [1.82, 2.24) is 15.0 Å². The molecule has 0 aliphatic rings. The highest BCUT2D eigenvalue weighted by Crippen LogP contribution is 2.36. The Kier molecular flexibility index (Phi) is 5.30. The first kappa shape index (κ1) is 21.6. The number of hydrogen-bond donors (Lipinski definition) is 0. The third-order valence-corrected chi connectivity index (χ3v) is 7.70. The molecule has 0 bridgehead atoms. The molecule has 4 heteroatoms. The first-order chi connectivity index (χ1) is 18.3. The number of nitrogens with zero attached hydrogens (tertiary/aromatic N) is 3. The van der Waals surface area contributed by atoms with Crippen LogP contribution < -0.4 is 0 Å². The molecule has 7 aromatic rings. The van der Waals surface area contributed by atoms with Crippen molar-refractivity contribution < 1.29 is 0 Å². The van der Waals surface area contributed by atoms with Gasteiger partial charge in [0.15, 0.2) is 17.5 Å². The van der Waals surface area contributed by atoms with E-state index in [4.69, 9.17) is 15.0 Å². The van der Waals surface area contributed by atoms with Crippen molar-refractivity contribution >= 4 is 31.5 Å². The molecule has 2 aromatic heterocycles. The fourth-order valence-electron chi connectivity index (χ4n) is 4.66. The summed E-state index contributed by atoms with van der Waals surface area (Å²) in [7, 11) is 0. The van der Waals surface area contributed by atoms with Crippen molar-refractivity contribution in [3.63, 3.8) is 0 Å². The van der Waals surface area contributed by atoms with Crippen molar-refractivity contribution in [1.29, 1.82) is 0 Å². The van der Waals surface area contributed by atoms with Crippen LogP contribution in [-0.2, 0) is 0 Å². The Morgan fingerprint density at radius 3 is 1.43 bits per heavy atom. The molecule has 0 unspecified atom stereocenters. The van der Waals surface area contributed by atoms with E-state index in [9.17, 15) is 0 Å². The molecule has 5 aromatic carbocycles. The monoisotopic (exact) mass is 491 g/mol. The first-order valence-corrected chi connectivity index (χ1v) is 13.0. The number of rotatable bonds is 4. The smallest absolute Gasteiger partial charge is 0.164 e. The summed E-state index contributed by atoms with van der Waals surface area (Å²) < 4.78 is 2.64. The summed E-state index contributed by atoms with van der Waals surface area (Å²) in [5.74, 6) is 2.00. The second-order valence-electron chi connectivity index (χ2n) is 8.92. The molecule has 0 aliphatic carbocycles. The average molecular weight is 492 g/mol. The molecule has 0 fully saturated rings. The molecule has 0 spiro atoms. The normalized spacial score (nSPS) is 11.2. The van der Waals surface area contributed by atoms with Gasteiger partial charge in [-0.25, -0.2) is 15.0 Å². The lowest BCUT2D eigenvalue weighted by Crippen LogP contribution is -2.00. The average Bonchev–Trinajstić information content (AvgIpc) is 3.36. The minimum absolute atomic E-state index is 0.665. The fraction of sp³-hybridized carbons (Fsp3) is 0. The van der Waals surface area contributed by atoms with E-state index in [0.717, 1.165) is 16.7 Å². The summed E-state index contributed by atoms with van der Waals surface area (Å²) in [6, 6.07) is 44.0. The Balaban J connectivity index is 1.30. The second kappa shape index (κ2) is 9.08. The Hall–Kier alpha value is -4.67. The van der Waals surface area contributed by atoms with E-state index < -0.39 is 0 Å². The van der Waals surface area contributed by atoms with Gasteiger partial charge in [0.05, 0.1) is 0 Å². The van der Waals surface area contributed by atoms with E-state index >= 15 is 0 Å². The van der Waals surface area contributed by atoms with E-state index in [2.05, 4.69) is 66.7 Å². The fourth-order valence-corrected chi connectivity index (χ4v) is 5.74. The molecule has 0 saturated heterocycles. The van der Waals surface area contributed by atoms with E-state index in [-0.39, 0.29) is 0 Å². The van der Waals surface area contributed by atoms with Gasteiger partial charge >= 0.3 is 0 Å². The Morgan fingerprint density at radius 2 is 0.811 bits per heavy atom. The van der Waals surface area contributed by atoms with Crippen LogP contribution in [0.15, 0.2) is 127 Å². The third-order valence-electron chi connectivity index (χ3n) is 6.55. The Labute approximate surface area is 218 Å². The van der Waals surface area contributed by atoms with Crippen LogP contribution in [0.1, 0.15) is 0 Å². The van der Waals surface area contributed by atoms with Gasteiger partial charge in [-0.1, -0.05) is 109 Å². The van der Waals surface area contributed by atoms with Gasteiger partial charge in [-0.3, -0.25) is 0 Å². The highest BCUT2D eigenvalue weighted by Gasteiger charge is 2.13. The summed E-state index contributed by atoms with van der Waals surface area (Å²) >= 11 is 1.84. The molecule has 0 radical (unpaired) electrons. The molecule has 174 valence electrons. The summed E-state index contributed by atoms with van der Waals surface area (Å²) in [5, 5.41) is 2.62. The van der Waals surface area contributed by atoms with Crippen LogP contribution in [-0.4, -0.2) is 15.0 Å². The first-order valence-electron chi connectivity index (χ1n) is 12.2. The number of aromatic nitrogens is 3. The molecule has 37 heavy (non-hydrogen) atoms. The molecule has 0 atom stereocenters. The molecule has 0 amide bonds. The maximum absolute atomic E-state index is 4.85. The maximum atomic E-state index is 4.85. The van der Waals surface area contributed by atoms with Gasteiger partial charge in [0.2, 0.25) is 0 Å². The van der Waals surface area contributed by atoms with Gasteiger partial charge in [-0.05, 0) is 29.3 Å². The standard InChI is InChI=1S/C33H21N3S/c1-3-9-23(10-4-1)31-34-32(24-11-5-2-6-12-24)36-33(35-31)25-17-15-22(16-18-25)26-19-20-30-28(21-26)27-13-7-8-14-29(27)37-30/h1-21H. The lowest BCUT2D eigenvalue weighted by molar-refractivity contribution is 1.07. The zero-order valence-electron chi connectivity index (χ0n) is 19.9. The van der Waals surface area contributed by atoms with Crippen LogP contribution in [0, 0.1) is 0 Å². The van der Waals surface area contributed by atoms with E-state index in [1.807, 2.05) is 72.0 Å². The topological polar surface area (TPSA) is 38.7 Å². The van der Waals surface area contributed by atoms with Gasteiger partial charge in [0, 0.05) is 36.9 Å². The minimum atomic E-state index is 0.665. The van der Waals surface area contributed by atoms with Crippen LogP contribution in [0.2, 0.25) is 0 Å². The number of thiophene rings is 1. The van der Waals surface area contributed by atoms with Gasteiger partial charge in [-0.15, -0.1) is 11.3 Å². The molecular weight excluding hydrogens is 470 g/mol. The second-order valence-corrected chi connectivity index (χ2v) is 10.0. The highest BCUT2D eigenvalue weighted by atomic mass is 32.1. The molecule has 3 nitrogen and oxygen atoms in total. The maximum Gasteiger partial charge on any atom is 0.164 e. The van der Waals surface area contributed by atoms with Crippen molar-refractivity contribution in [3.05, 3.63) is 127 Å². The Morgan fingerprint density at radius 1 is 0.351 bits per heavy atom. The van der Waals surface area contributed by atoms with E-state index in [1.54, 1.807) is 0 Å². The predicted molar refractivity (Wildman–Crippen MR) is 154 cm³/mol. The van der Waals surface area contributed by atoms with Gasteiger partial charge < -0.3 is 0 Å². The number of fused-ring (bicyclic) bond motifs is 3. The van der Waals surface area contributed by atoms with Crippen LogP contribution in [0.5, 0.6) is 0 Å². The molecule has 0 aliphatic heterocycles. The summed E-state index contributed by atoms with van der Waals surface area (Å²) in [6.45, 7) is 0. The van der Waals surface area contributed by atoms with Crippen LogP contribution in [0.25, 0.3) is 65.5 Å². The predicted octanol–water partition coefficient (Wildman–Crippen LogP) is 8.91. The lowest BCUT2D eigenvalue weighted by Gasteiger charge is -2.09. The van der Waals surface area contributed by atoms with Crippen molar-refractivity contribution in [2.45, 2.75) is 0 Å². The van der Waals surface area contributed by atoms with Crippen LogP contribution in [0.3, 0.4) is 0 Å². The van der Waals surface area contributed by atoms with Gasteiger partial charge in [0.1, 0.15) is 0 Å². The largest absolute Gasteiger partial charge is 0.208 e. The molecule has 0 N–H and O–H groups in total. The summed E-state index contributed by atoms with van der Waals surface area (Å²) in [5.41, 5.74) is 5.27. The van der Waals surface area contributed by atoms with Crippen molar-refractivity contribution in [3.8, 4) is 45.3 Å². The van der Waals surface area contributed by atoms with Crippen molar-refractivity contribution in [2.24, 2.45) is 0 Å². The van der Waals surface area contributed by atoms with Crippen LogP contribution in [0.4, 0.5) is 0 Å². The Bertz CT molecular complexity index is 1800. The SMILES string of the molecule is c1ccc(-c2nc(-c3ccccc3)nc(-c3ccc(-c4ccc5sc6ccccc6c5c4)cc3)n2)cc1. The quantitative estimate of drug-likeness (QED) is 0.247. The van der Waals surface area contributed by atoms with Crippen molar-refractivity contribution in [2.75, 3.05) is 0 Å². The molecule has 0 saturated carbocycles. The zero-order chi connectivity index (χ0) is 24.6. The zero-order valence-corrected chi connectivity index (χ0v) is 20.7. The number of benzene rings is 5. The number of hydrogen-bond acceptors (Lipinski definition) is 4.